The first kappa shape index (κ1) is 19.3. The lowest BCUT2D eigenvalue weighted by Crippen LogP contribution is -2.36. The summed E-state index contributed by atoms with van der Waals surface area (Å²) in [5, 5.41) is 13.2. The lowest BCUT2D eigenvalue weighted by molar-refractivity contribution is 0.0984. The standard InChI is InChI=1S/C21H27N3O3/c1-15(2)23-13-18(25)14-27-19-7-8-20-16(11-19)6-4-10-24(20)21(26)17-5-3-9-22-12-17/h3,5,7-9,11-12,15,18,23,25H,4,6,10,13-14H2,1-2H3. The van der Waals surface area contributed by atoms with E-state index >= 15 is 0 Å². The normalized spacial score (nSPS) is 14.7. The third-order valence-corrected chi connectivity index (χ3v) is 4.53. The lowest BCUT2D eigenvalue weighted by Gasteiger charge is -2.30. The fourth-order valence-corrected chi connectivity index (χ4v) is 3.14. The smallest absolute Gasteiger partial charge is 0.259 e. The summed E-state index contributed by atoms with van der Waals surface area (Å²) in [5.41, 5.74) is 2.60. The van der Waals surface area contributed by atoms with E-state index in [0.717, 1.165) is 24.1 Å². The van der Waals surface area contributed by atoms with Gasteiger partial charge in [0.1, 0.15) is 18.5 Å². The molecule has 0 aliphatic carbocycles. The number of pyridine rings is 1. The van der Waals surface area contributed by atoms with Crippen LogP contribution in [-0.2, 0) is 6.42 Å². The second-order valence-corrected chi connectivity index (χ2v) is 7.12. The van der Waals surface area contributed by atoms with Crippen molar-refractivity contribution >= 4 is 11.6 Å². The number of nitrogens with zero attached hydrogens (tertiary/aromatic N) is 2. The number of benzene rings is 1. The highest BCUT2D eigenvalue weighted by Gasteiger charge is 2.24. The summed E-state index contributed by atoms with van der Waals surface area (Å²) in [6, 6.07) is 9.64. The molecule has 1 aromatic heterocycles. The van der Waals surface area contributed by atoms with Crippen LogP contribution in [-0.4, -0.2) is 47.8 Å². The van der Waals surface area contributed by atoms with Gasteiger partial charge in [0.2, 0.25) is 0 Å². The number of rotatable bonds is 7. The van der Waals surface area contributed by atoms with Crippen LogP contribution in [0.3, 0.4) is 0 Å². The van der Waals surface area contributed by atoms with Gasteiger partial charge in [-0.25, -0.2) is 0 Å². The number of aryl methyl sites for hydroxylation is 1. The van der Waals surface area contributed by atoms with Crippen LogP contribution in [0, 0.1) is 0 Å². The summed E-state index contributed by atoms with van der Waals surface area (Å²) < 4.78 is 5.74. The van der Waals surface area contributed by atoms with Crippen molar-refractivity contribution in [3.05, 3.63) is 53.9 Å². The summed E-state index contributed by atoms with van der Waals surface area (Å²) in [5.74, 6) is 0.681. The van der Waals surface area contributed by atoms with Crippen molar-refractivity contribution in [2.75, 3.05) is 24.6 Å². The van der Waals surface area contributed by atoms with Gasteiger partial charge in [0.05, 0.1) is 5.56 Å². The maximum atomic E-state index is 12.8. The van der Waals surface area contributed by atoms with Gasteiger partial charge < -0.3 is 20.1 Å². The molecule has 27 heavy (non-hydrogen) atoms. The van der Waals surface area contributed by atoms with Crippen LogP contribution in [0.1, 0.15) is 36.2 Å². The molecule has 1 atom stereocenters. The van der Waals surface area contributed by atoms with Crippen LogP contribution in [0.15, 0.2) is 42.7 Å². The van der Waals surface area contributed by atoms with Gasteiger partial charge in [-0.15, -0.1) is 0 Å². The molecule has 0 bridgehead atoms. The van der Waals surface area contributed by atoms with Gasteiger partial charge in [-0.2, -0.15) is 0 Å². The van der Waals surface area contributed by atoms with E-state index in [9.17, 15) is 9.90 Å². The highest BCUT2D eigenvalue weighted by atomic mass is 16.5. The first-order valence-corrected chi connectivity index (χ1v) is 9.43. The minimum Gasteiger partial charge on any atom is -0.491 e. The van der Waals surface area contributed by atoms with E-state index in [0.29, 0.717) is 30.4 Å². The molecule has 6 heteroatoms. The summed E-state index contributed by atoms with van der Waals surface area (Å²) >= 11 is 0. The monoisotopic (exact) mass is 369 g/mol. The third kappa shape index (κ3) is 5.05. The maximum Gasteiger partial charge on any atom is 0.259 e. The predicted molar refractivity (Wildman–Crippen MR) is 105 cm³/mol. The highest BCUT2D eigenvalue weighted by Crippen LogP contribution is 2.31. The van der Waals surface area contributed by atoms with E-state index < -0.39 is 6.10 Å². The Kier molecular flexibility index (Phi) is 6.42. The Morgan fingerprint density at radius 2 is 2.22 bits per heavy atom. The zero-order chi connectivity index (χ0) is 19.2. The summed E-state index contributed by atoms with van der Waals surface area (Å²) in [6.07, 6.45) is 4.51. The van der Waals surface area contributed by atoms with Gasteiger partial charge in [-0.3, -0.25) is 9.78 Å². The van der Waals surface area contributed by atoms with Crippen molar-refractivity contribution in [1.82, 2.24) is 10.3 Å². The molecule has 2 heterocycles. The summed E-state index contributed by atoms with van der Waals surface area (Å²) in [6.45, 7) is 5.50. The highest BCUT2D eigenvalue weighted by molar-refractivity contribution is 6.06. The molecule has 0 saturated heterocycles. The van der Waals surface area contributed by atoms with Crippen molar-refractivity contribution in [3.8, 4) is 5.75 Å². The van der Waals surface area contributed by atoms with E-state index in [1.165, 1.54) is 0 Å². The molecular formula is C21H27N3O3. The average molecular weight is 369 g/mol. The minimum absolute atomic E-state index is 0.0344. The molecule has 3 rings (SSSR count). The van der Waals surface area contributed by atoms with Gasteiger partial charge in [-0.1, -0.05) is 13.8 Å². The number of hydrogen-bond acceptors (Lipinski definition) is 5. The van der Waals surface area contributed by atoms with Crippen LogP contribution >= 0.6 is 0 Å². The predicted octanol–water partition coefficient (Wildman–Crippen LogP) is 2.41. The van der Waals surface area contributed by atoms with E-state index in [1.54, 1.807) is 29.4 Å². The average Bonchev–Trinajstić information content (AvgIpc) is 2.70. The minimum atomic E-state index is -0.563. The first-order valence-electron chi connectivity index (χ1n) is 9.43. The van der Waals surface area contributed by atoms with E-state index in [1.807, 2.05) is 32.0 Å². The Balaban J connectivity index is 1.67. The van der Waals surface area contributed by atoms with Crippen LogP contribution in [0.25, 0.3) is 0 Å². The number of anilines is 1. The first-order chi connectivity index (χ1) is 13.0. The van der Waals surface area contributed by atoms with Crippen molar-refractivity contribution < 1.29 is 14.6 Å². The molecular weight excluding hydrogens is 342 g/mol. The number of fused-ring (bicyclic) bond motifs is 1. The molecule has 1 aliphatic rings. The second-order valence-electron chi connectivity index (χ2n) is 7.12. The molecule has 1 aliphatic heterocycles. The van der Waals surface area contributed by atoms with Crippen molar-refractivity contribution in [3.63, 3.8) is 0 Å². The van der Waals surface area contributed by atoms with E-state index in [4.69, 9.17) is 4.74 Å². The number of aliphatic hydroxyl groups excluding tert-OH is 1. The Bertz CT molecular complexity index is 765. The lowest BCUT2D eigenvalue weighted by atomic mass is 10.0. The van der Waals surface area contributed by atoms with Crippen LogP contribution in [0.4, 0.5) is 5.69 Å². The number of carbonyl (C=O) groups excluding carboxylic acids is 1. The van der Waals surface area contributed by atoms with Gasteiger partial charge in [-0.05, 0) is 48.7 Å². The van der Waals surface area contributed by atoms with Gasteiger partial charge >= 0.3 is 0 Å². The number of nitrogens with one attached hydrogen (secondary N) is 1. The SMILES string of the molecule is CC(C)NCC(O)COc1ccc2c(c1)CCCN2C(=O)c1cccnc1. The molecule has 0 saturated carbocycles. The van der Waals surface area contributed by atoms with Crippen molar-refractivity contribution in [2.24, 2.45) is 0 Å². The Morgan fingerprint density at radius 1 is 1.37 bits per heavy atom. The number of aromatic nitrogens is 1. The molecule has 1 unspecified atom stereocenters. The van der Waals surface area contributed by atoms with Crippen LogP contribution < -0.4 is 15.0 Å². The molecule has 1 aromatic carbocycles. The number of carbonyl (C=O) groups is 1. The van der Waals surface area contributed by atoms with Crippen LogP contribution in [0.2, 0.25) is 0 Å². The molecule has 0 fully saturated rings. The number of hydrogen-bond donors (Lipinski definition) is 2. The fourth-order valence-electron chi connectivity index (χ4n) is 3.14. The molecule has 144 valence electrons. The second kappa shape index (κ2) is 8.97. The fraction of sp³-hybridized carbons (Fsp3) is 0.429. The van der Waals surface area contributed by atoms with Gasteiger partial charge in [0, 0.05) is 37.2 Å². The largest absolute Gasteiger partial charge is 0.491 e. The number of amides is 1. The van der Waals surface area contributed by atoms with Crippen LogP contribution in [0.5, 0.6) is 5.75 Å². The van der Waals surface area contributed by atoms with Crippen molar-refractivity contribution in [2.45, 2.75) is 38.8 Å². The Labute approximate surface area is 160 Å². The molecule has 6 nitrogen and oxygen atoms in total. The Hall–Kier alpha value is -2.44. The van der Waals surface area contributed by atoms with Gasteiger partial charge in [0.25, 0.3) is 5.91 Å². The molecule has 2 N–H and O–H groups in total. The topological polar surface area (TPSA) is 74.7 Å². The van der Waals surface area contributed by atoms with E-state index in [-0.39, 0.29) is 12.5 Å². The molecule has 0 radical (unpaired) electrons. The Morgan fingerprint density at radius 3 is 2.96 bits per heavy atom. The summed E-state index contributed by atoms with van der Waals surface area (Å²) in [4.78, 5) is 18.7. The quantitative estimate of drug-likeness (QED) is 0.784. The molecule has 2 aromatic rings. The molecule has 1 amide bonds. The zero-order valence-electron chi connectivity index (χ0n) is 15.9. The van der Waals surface area contributed by atoms with Gasteiger partial charge in [0.15, 0.2) is 0 Å². The summed E-state index contributed by atoms with van der Waals surface area (Å²) in [7, 11) is 0. The maximum absolute atomic E-state index is 12.8. The van der Waals surface area contributed by atoms with E-state index in [2.05, 4.69) is 10.3 Å². The number of aliphatic hydroxyl groups is 1. The zero-order valence-corrected chi connectivity index (χ0v) is 15.9. The molecule has 0 spiro atoms. The third-order valence-electron chi connectivity index (χ3n) is 4.53. The van der Waals surface area contributed by atoms with Crippen molar-refractivity contribution in [1.29, 1.82) is 0 Å². The number of ether oxygens (including phenoxy) is 1.